The zero-order valence-corrected chi connectivity index (χ0v) is 4.67. The van der Waals surface area contributed by atoms with Crippen LogP contribution in [0, 0.1) is 0 Å². The predicted molar refractivity (Wildman–Crippen MR) is 25.5 cm³/mol. The molecule has 0 amide bonds. The van der Waals surface area contributed by atoms with Crippen LogP contribution < -0.4 is 0 Å². The monoisotopic (exact) mass is 158 g/mol. The first-order valence-electron chi connectivity index (χ1n) is 2.14. The molecule has 58 valence electrons. The van der Waals surface area contributed by atoms with Crippen LogP contribution in [0.15, 0.2) is 24.6 Å². The summed E-state index contributed by atoms with van der Waals surface area (Å²) >= 11 is 0. The Morgan fingerprint density at radius 1 is 1.20 bits per heavy atom. The van der Waals surface area contributed by atoms with Gasteiger partial charge in [0, 0.05) is 0 Å². The molecule has 0 rings (SSSR count). The Bertz CT molecular complexity index is 165. The Kier molecular flexibility index (Phi) is 2.56. The van der Waals surface area contributed by atoms with Crippen molar-refractivity contribution in [2.45, 2.75) is 5.92 Å². The average Bonchev–Trinajstić information content (AvgIpc) is 1.86. The molecule has 0 aromatic rings. The Balaban J connectivity index is 4.65. The van der Waals surface area contributed by atoms with Gasteiger partial charge in [-0.25, -0.2) is 0 Å². The smallest absolute Gasteiger partial charge is 0.199 e. The van der Waals surface area contributed by atoms with Crippen LogP contribution in [0.3, 0.4) is 0 Å². The highest BCUT2D eigenvalue weighted by atomic mass is 19.3. The van der Waals surface area contributed by atoms with E-state index in [-0.39, 0.29) is 6.08 Å². The van der Waals surface area contributed by atoms with E-state index in [4.69, 9.17) is 0 Å². The Morgan fingerprint density at radius 2 is 1.60 bits per heavy atom. The molecule has 0 bridgehead atoms. The molecule has 0 fully saturated rings. The minimum absolute atomic E-state index is 0.193. The van der Waals surface area contributed by atoms with Crippen LogP contribution in [0.1, 0.15) is 0 Å². The first kappa shape index (κ1) is 9.13. The summed E-state index contributed by atoms with van der Waals surface area (Å²) in [5, 5.41) is 0. The van der Waals surface area contributed by atoms with Crippen molar-refractivity contribution in [2.24, 2.45) is 0 Å². The lowest BCUT2D eigenvalue weighted by molar-refractivity contribution is 0.0615. The first-order chi connectivity index (χ1) is 4.41. The van der Waals surface area contributed by atoms with Crippen molar-refractivity contribution >= 4 is 0 Å². The number of alkyl halides is 2. The molecule has 0 aromatic carbocycles. The first-order valence-corrected chi connectivity index (χ1v) is 2.14. The molecule has 0 aliphatic heterocycles. The van der Waals surface area contributed by atoms with E-state index in [2.05, 4.69) is 6.58 Å². The normalized spacial score (nSPS) is 10.9. The molecule has 0 saturated carbocycles. The van der Waals surface area contributed by atoms with E-state index in [1.165, 1.54) is 0 Å². The van der Waals surface area contributed by atoms with Crippen molar-refractivity contribution in [3.8, 4) is 0 Å². The van der Waals surface area contributed by atoms with Crippen LogP contribution >= 0.6 is 0 Å². The molecule has 0 radical (unpaired) electrons. The van der Waals surface area contributed by atoms with E-state index in [9.17, 15) is 22.0 Å². The van der Waals surface area contributed by atoms with Gasteiger partial charge < -0.3 is 0 Å². The third-order valence-corrected chi connectivity index (χ3v) is 0.715. The van der Waals surface area contributed by atoms with Crippen molar-refractivity contribution in [3.05, 3.63) is 24.6 Å². The van der Waals surface area contributed by atoms with Crippen LogP contribution in [-0.2, 0) is 0 Å². The van der Waals surface area contributed by atoms with Gasteiger partial charge in [-0.15, -0.1) is 0 Å². The summed E-state index contributed by atoms with van der Waals surface area (Å²) in [6, 6.07) is 0. The fraction of sp³-hybridized carbons (Fsp3) is 0.200. The third-order valence-electron chi connectivity index (χ3n) is 0.715. The maximum Gasteiger partial charge on any atom is 0.322 e. The second-order valence-electron chi connectivity index (χ2n) is 1.40. The summed E-state index contributed by atoms with van der Waals surface area (Å²) in [4.78, 5) is 0. The van der Waals surface area contributed by atoms with Gasteiger partial charge in [-0.2, -0.15) is 22.0 Å². The standard InChI is InChI=1S/C5H3F5/c1-2-5(9,10)3(6)4(7)8/h2H,1H2. The third kappa shape index (κ3) is 1.82. The molecule has 0 aliphatic rings. The van der Waals surface area contributed by atoms with Gasteiger partial charge in [0.1, 0.15) is 0 Å². The Morgan fingerprint density at radius 3 is 1.70 bits per heavy atom. The predicted octanol–water partition coefficient (Wildman–Crippen LogP) is 2.89. The maximum atomic E-state index is 11.8. The van der Waals surface area contributed by atoms with Crippen molar-refractivity contribution in [1.82, 2.24) is 0 Å². The largest absolute Gasteiger partial charge is 0.322 e. The summed E-state index contributed by atoms with van der Waals surface area (Å²) in [7, 11) is 0. The summed E-state index contributed by atoms with van der Waals surface area (Å²) in [6.07, 6.45) is -3.22. The molecule has 0 unspecified atom stereocenters. The van der Waals surface area contributed by atoms with E-state index in [0.29, 0.717) is 0 Å². The zero-order valence-electron chi connectivity index (χ0n) is 4.67. The lowest BCUT2D eigenvalue weighted by atomic mass is 10.3. The summed E-state index contributed by atoms with van der Waals surface area (Å²) in [6.45, 7) is 2.48. The molecular weight excluding hydrogens is 155 g/mol. The Hall–Kier alpha value is -0.870. The van der Waals surface area contributed by atoms with Gasteiger partial charge >= 0.3 is 12.0 Å². The van der Waals surface area contributed by atoms with Gasteiger partial charge in [-0.1, -0.05) is 6.58 Å². The van der Waals surface area contributed by atoms with Crippen LogP contribution in [-0.4, -0.2) is 5.92 Å². The van der Waals surface area contributed by atoms with Crippen LogP contribution in [0.2, 0.25) is 0 Å². The second-order valence-corrected chi connectivity index (χ2v) is 1.40. The fourth-order valence-electron chi connectivity index (χ4n) is 0.216. The maximum absolute atomic E-state index is 11.8. The number of hydrogen-bond acceptors (Lipinski definition) is 0. The van der Waals surface area contributed by atoms with Gasteiger partial charge in [-0.05, 0) is 6.08 Å². The number of halogens is 5. The lowest BCUT2D eigenvalue weighted by Gasteiger charge is -2.05. The minimum atomic E-state index is -4.25. The minimum Gasteiger partial charge on any atom is -0.199 e. The van der Waals surface area contributed by atoms with Gasteiger partial charge in [0.2, 0.25) is 5.83 Å². The van der Waals surface area contributed by atoms with Gasteiger partial charge in [0.25, 0.3) is 0 Å². The molecule has 0 aromatic heterocycles. The molecule has 5 heteroatoms. The van der Waals surface area contributed by atoms with Gasteiger partial charge in [0.15, 0.2) is 0 Å². The van der Waals surface area contributed by atoms with E-state index < -0.39 is 17.8 Å². The molecule has 0 heterocycles. The van der Waals surface area contributed by atoms with Crippen molar-refractivity contribution < 1.29 is 22.0 Å². The molecule has 0 N–H and O–H groups in total. The fourth-order valence-corrected chi connectivity index (χ4v) is 0.216. The van der Waals surface area contributed by atoms with Gasteiger partial charge in [0.05, 0.1) is 0 Å². The highest BCUT2D eigenvalue weighted by molar-refractivity contribution is 5.12. The second kappa shape index (κ2) is 2.81. The lowest BCUT2D eigenvalue weighted by Crippen LogP contribution is -2.12. The highest BCUT2D eigenvalue weighted by Gasteiger charge is 2.35. The zero-order chi connectivity index (χ0) is 8.36. The molecule has 0 saturated heterocycles. The molecular formula is C5H3F5. The summed E-state index contributed by atoms with van der Waals surface area (Å²) in [5.41, 5.74) is 0. The Labute approximate surface area is 53.6 Å². The quantitative estimate of drug-likeness (QED) is 0.428. The SMILES string of the molecule is C=CC(F)(F)C(F)=C(F)F. The van der Waals surface area contributed by atoms with Crippen molar-refractivity contribution in [3.63, 3.8) is 0 Å². The topological polar surface area (TPSA) is 0 Å². The van der Waals surface area contributed by atoms with Crippen LogP contribution in [0.25, 0.3) is 0 Å². The number of allylic oxidation sites excluding steroid dienone is 2. The molecule has 0 nitrogen and oxygen atoms in total. The van der Waals surface area contributed by atoms with Crippen LogP contribution in [0.4, 0.5) is 22.0 Å². The molecule has 10 heavy (non-hydrogen) atoms. The van der Waals surface area contributed by atoms with E-state index >= 15 is 0 Å². The highest BCUT2D eigenvalue weighted by Crippen LogP contribution is 2.29. The average molecular weight is 158 g/mol. The molecule has 0 aliphatic carbocycles. The van der Waals surface area contributed by atoms with E-state index in [0.717, 1.165) is 0 Å². The van der Waals surface area contributed by atoms with Crippen LogP contribution in [0.5, 0.6) is 0 Å². The van der Waals surface area contributed by atoms with E-state index in [1.807, 2.05) is 0 Å². The molecule has 0 spiro atoms. The number of rotatable bonds is 2. The van der Waals surface area contributed by atoms with Gasteiger partial charge in [-0.3, -0.25) is 0 Å². The molecule has 0 atom stereocenters. The van der Waals surface area contributed by atoms with Crippen molar-refractivity contribution in [2.75, 3.05) is 0 Å². The van der Waals surface area contributed by atoms with Crippen molar-refractivity contribution in [1.29, 1.82) is 0 Å². The number of hydrogen-bond donors (Lipinski definition) is 0. The van der Waals surface area contributed by atoms with E-state index in [1.54, 1.807) is 0 Å². The summed E-state index contributed by atoms with van der Waals surface area (Å²) < 4.78 is 57.3. The summed E-state index contributed by atoms with van der Waals surface area (Å²) in [5.74, 6) is -7.00.